The van der Waals surface area contributed by atoms with E-state index in [2.05, 4.69) is 36.4 Å². The molecule has 5 aromatic rings. The molecule has 75 heavy (non-hydrogen) atoms. The number of aliphatic hydroxyl groups excluding tert-OH is 1. The normalized spacial score (nSPS) is 17.3. The van der Waals surface area contributed by atoms with Crippen molar-refractivity contribution in [2.45, 2.75) is 136 Å². The number of nitrogens with zero attached hydrogens (tertiary/aromatic N) is 5. The zero-order valence-corrected chi connectivity index (χ0v) is 45.6. The van der Waals surface area contributed by atoms with Crippen LogP contribution < -0.4 is 21.3 Å². The minimum absolute atomic E-state index is 0.0103. The van der Waals surface area contributed by atoms with Crippen molar-refractivity contribution in [1.82, 2.24) is 51.1 Å². The van der Waals surface area contributed by atoms with Crippen LogP contribution in [0.4, 0.5) is 4.79 Å². The third-order valence-electron chi connectivity index (χ3n) is 14.3. The Morgan fingerprint density at radius 2 is 1.56 bits per heavy atom. The third-order valence-corrected chi connectivity index (χ3v) is 15.3. The minimum Gasteiger partial charge on any atom is -0.391 e. The van der Waals surface area contributed by atoms with Crippen molar-refractivity contribution in [1.29, 1.82) is 0 Å². The third kappa shape index (κ3) is 13.8. The topological polar surface area (TPSA) is 222 Å². The van der Waals surface area contributed by atoms with Gasteiger partial charge in [0.1, 0.15) is 12.1 Å². The number of fused-ring (bicyclic) bond motifs is 1. The predicted molar refractivity (Wildman–Crippen MR) is 290 cm³/mol. The van der Waals surface area contributed by atoms with Gasteiger partial charge in [-0.15, -0.1) is 11.3 Å². The van der Waals surface area contributed by atoms with Crippen LogP contribution in [0.3, 0.4) is 0 Å². The molecule has 5 atom stereocenters. The lowest BCUT2D eigenvalue weighted by molar-refractivity contribution is -0.144. The van der Waals surface area contributed by atoms with Crippen molar-refractivity contribution in [2.75, 3.05) is 33.7 Å². The van der Waals surface area contributed by atoms with Crippen LogP contribution in [0.1, 0.15) is 147 Å². The number of hydrogen-bond donors (Lipinski definition) is 6. The molecule has 2 aliphatic heterocycles. The number of rotatable bonds is 21. The van der Waals surface area contributed by atoms with Crippen molar-refractivity contribution in [3.05, 3.63) is 129 Å². The number of nitrogens with one attached hydrogen (secondary N) is 5. The molecule has 1 fully saturated rings. The maximum Gasteiger partial charge on any atom is 0.319 e. The summed E-state index contributed by atoms with van der Waals surface area (Å²) in [5.74, 6) is -1.46. The van der Waals surface area contributed by atoms with Gasteiger partial charge in [-0.1, -0.05) is 100 Å². The highest BCUT2D eigenvalue weighted by atomic mass is 32.1. The highest BCUT2D eigenvalue weighted by Gasteiger charge is 2.46. The lowest BCUT2D eigenvalue weighted by Crippen LogP contribution is -2.57. The summed E-state index contributed by atoms with van der Waals surface area (Å²) in [7, 11) is 3.94. The number of urea groups is 1. The molecule has 4 heterocycles. The van der Waals surface area contributed by atoms with Gasteiger partial charge in [0.2, 0.25) is 17.7 Å². The van der Waals surface area contributed by atoms with E-state index in [0.717, 1.165) is 51.4 Å². The molecule has 7 rings (SSSR count). The summed E-state index contributed by atoms with van der Waals surface area (Å²) in [5, 5.41) is 30.4. The number of Topliss-reactive ketones (excluding diaryl/α,β-unsaturated/α-hetero) is 1. The number of aryl methyl sites for hydroxylation is 1. The van der Waals surface area contributed by atoms with E-state index < -0.39 is 35.0 Å². The molecular weight excluding hydrogens is 969 g/mol. The number of likely N-dealkylation sites (tertiary alicyclic amines) is 1. The number of likely N-dealkylation sites (N-methyl/N-ethyl adjacent to an activating group) is 1. The molecule has 0 saturated carbocycles. The molecule has 2 aliphatic rings. The number of ketones is 1. The van der Waals surface area contributed by atoms with Gasteiger partial charge in [0, 0.05) is 54.9 Å². The number of aliphatic hydroxyl groups is 1. The zero-order chi connectivity index (χ0) is 54.2. The van der Waals surface area contributed by atoms with E-state index in [9.17, 15) is 33.9 Å². The number of aromatic amines is 1. The molecule has 2 aromatic heterocycles. The van der Waals surface area contributed by atoms with Gasteiger partial charge < -0.3 is 41.1 Å². The molecular formula is C57H74N10O7S. The molecule has 3 aromatic carbocycles. The standard InChI is InChI=1S/C57H74N10O7S/c1-35(37-20-24-40(25-21-37)49-36(2)59-34-75-49)60-53(72)46-29-42(68)31-66(46)54(73)51(56(3,4)5)62-48(70)19-15-10-11-16-28-58-52(71)41-26-22-39(23-27-41)47(69)30-44-43-32-67(57(6,7)50(43)64-63-44)55(74)61-45(33-65(8)9)38-17-13-12-14-18-38/h12-14,17-18,20-27,34-35,42,45-46,51,68H,10-11,15-16,19,28-33H2,1-9H3,(H,58,71)(H,60,72)(H,61,74)(H,62,70)(H,63,64)/t35-,42+,45+,46-,51+/m0/s1. The molecule has 1 saturated heterocycles. The van der Waals surface area contributed by atoms with Gasteiger partial charge in [-0.25, -0.2) is 9.78 Å². The quantitative estimate of drug-likeness (QED) is 0.0316. The smallest absolute Gasteiger partial charge is 0.319 e. The summed E-state index contributed by atoms with van der Waals surface area (Å²) in [4.78, 5) is 92.1. The second-order valence-corrected chi connectivity index (χ2v) is 22.7. The number of aromatic nitrogens is 3. The number of carbonyl (C=O) groups excluding carboxylic acids is 6. The van der Waals surface area contributed by atoms with Crippen molar-refractivity contribution < 1.29 is 33.9 Å². The van der Waals surface area contributed by atoms with Crippen LogP contribution in [0, 0.1) is 12.3 Å². The van der Waals surface area contributed by atoms with E-state index in [1.807, 2.05) is 128 Å². The Bertz CT molecular complexity index is 2800. The molecule has 18 heteroatoms. The van der Waals surface area contributed by atoms with E-state index in [1.54, 1.807) is 40.5 Å². The minimum atomic E-state index is -0.919. The van der Waals surface area contributed by atoms with Crippen LogP contribution in [-0.2, 0) is 32.9 Å². The van der Waals surface area contributed by atoms with E-state index >= 15 is 0 Å². The molecule has 6 amide bonds. The van der Waals surface area contributed by atoms with Gasteiger partial charge in [0.05, 0.1) is 58.5 Å². The van der Waals surface area contributed by atoms with E-state index in [1.165, 1.54) is 4.90 Å². The van der Waals surface area contributed by atoms with Crippen LogP contribution in [0.2, 0.25) is 0 Å². The number of amides is 6. The lowest BCUT2D eigenvalue weighted by atomic mass is 9.85. The average molecular weight is 1040 g/mol. The first-order chi connectivity index (χ1) is 35.6. The number of carbonyl (C=O) groups is 6. The van der Waals surface area contributed by atoms with Crippen LogP contribution >= 0.6 is 11.3 Å². The molecule has 0 radical (unpaired) electrons. The largest absolute Gasteiger partial charge is 0.391 e. The summed E-state index contributed by atoms with van der Waals surface area (Å²) in [6.45, 7) is 14.7. The van der Waals surface area contributed by atoms with Crippen LogP contribution in [-0.4, -0.2) is 122 Å². The Labute approximate surface area is 444 Å². The van der Waals surface area contributed by atoms with Crippen molar-refractivity contribution in [3.63, 3.8) is 0 Å². The Kier molecular flexibility index (Phi) is 18.1. The summed E-state index contributed by atoms with van der Waals surface area (Å²) in [5.41, 5.74) is 7.42. The van der Waals surface area contributed by atoms with Gasteiger partial charge in [0.25, 0.3) is 5.91 Å². The van der Waals surface area contributed by atoms with Crippen molar-refractivity contribution in [2.24, 2.45) is 5.41 Å². The van der Waals surface area contributed by atoms with Gasteiger partial charge in [-0.2, -0.15) is 5.10 Å². The fraction of sp³-hybridized carbons (Fsp3) is 0.474. The number of benzene rings is 3. The van der Waals surface area contributed by atoms with Gasteiger partial charge in [-0.3, -0.25) is 29.1 Å². The van der Waals surface area contributed by atoms with Crippen LogP contribution in [0.25, 0.3) is 10.4 Å². The zero-order valence-electron chi connectivity index (χ0n) is 44.8. The molecule has 0 aliphatic carbocycles. The van der Waals surface area contributed by atoms with Gasteiger partial charge in [-0.05, 0) is 88.9 Å². The Morgan fingerprint density at radius 3 is 2.21 bits per heavy atom. The molecule has 17 nitrogen and oxygen atoms in total. The highest BCUT2D eigenvalue weighted by Crippen LogP contribution is 2.39. The summed E-state index contributed by atoms with van der Waals surface area (Å²) in [6.07, 6.45) is 2.24. The average Bonchev–Trinajstić information content (AvgIpc) is 4.16. The fourth-order valence-corrected chi connectivity index (χ4v) is 10.7. The molecule has 0 unspecified atom stereocenters. The molecule has 400 valence electrons. The number of unbranched alkanes of at least 4 members (excludes halogenated alkanes) is 3. The Hall–Kier alpha value is -6.76. The Morgan fingerprint density at radius 1 is 0.880 bits per heavy atom. The number of thiazole rings is 1. The van der Waals surface area contributed by atoms with Gasteiger partial charge in [0.15, 0.2) is 5.78 Å². The first-order valence-electron chi connectivity index (χ1n) is 26.0. The number of H-pyrrole nitrogens is 1. The molecule has 0 bridgehead atoms. The fourth-order valence-electron chi connectivity index (χ4n) is 9.93. The SMILES string of the molecule is Cc1ncsc1-c1ccc([C@H](C)NC(=O)[C@@H]2C[C@@H](O)CN2C(=O)[C@@H](NC(=O)CCCCCCNC(=O)c2ccc(C(=O)Cc3[nH]nc4c3CN(C(=O)N[C@H](CN(C)C)c3ccccc3)C4(C)C)cc2)C(C)(C)C)cc1. The summed E-state index contributed by atoms with van der Waals surface area (Å²) in [6, 6.07) is 21.8. The molecule has 6 N–H and O–H groups in total. The maximum absolute atomic E-state index is 14.1. The maximum atomic E-state index is 14.1. The van der Waals surface area contributed by atoms with Crippen LogP contribution in [0.5, 0.6) is 0 Å². The number of β-amino-alcohol motifs (C(OH)–C–C–N with tert-alkyl or cyclic N) is 1. The monoisotopic (exact) mass is 1040 g/mol. The van der Waals surface area contributed by atoms with Gasteiger partial charge >= 0.3 is 6.03 Å². The van der Waals surface area contributed by atoms with Crippen molar-refractivity contribution in [3.8, 4) is 10.4 Å². The first kappa shape index (κ1) is 56.0. The van der Waals surface area contributed by atoms with E-state index in [0.29, 0.717) is 49.3 Å². The second-order valence-electron chi connectivity index (χ2n) is 21.8. The van der Waals surface area contributed by atoms with E-state index in [-0.39, 0.29) is 67.4 Å². The van der Waals surface area contributed by atoms with Crippen molar-refractivity contribution >= 4 is 46.8 Å². The predicted octanol–water partition coefficient (Wildman–Crippen LogP) is 7.38. The first-order valence-corrected chi connectivity index (χ1v) is 26.8. The molecule has 0 spiro atoms. The van der Waals surface area contributed by atoms with E-state index in [4.69, 9.17) is 0 Å². The summed E-state index contributed by atoms with van der Waals surface area (Å²) < 4.78 is 0. The Balaban J connectivity index is 0.820. The second kappa shape index (κ2) is 24.3. The summed E-state index contributed by atoms with van der Waals surface area (Å²) >= 11 is 1.57. The lowest BCUT2D eigenvalue weighted by Gasteiger charge is -2.35. The number of hydrogen-bond acceptors (Lipinski definition) is 11. The van der Waals surface area contributed by atoms with Crippen LogP contribution in [0.15, 0.2) is 84.4 Å². The highest BCUT2D eigenvalue weighted by molar-refractivity contribution is 7.13.